The lowest BCUT2D eigenvalue weighted by Gasteiger charge is -2.26. The van der Waals surface area contributed by atoms with Crippen molar-refractivity contribution in [2.75, 3.05) is 6.54 Å². The predicted octanol–water partition coefficient (Wildman–Crippen LogP) is 4.64. The lowest BCUT2D eigenvalue weighted by molar-refractivity contribution is 0.318. The topological polar surface area (TPSA) is 67.1 Å². The highest BCUT2D eigenvalue weighted by atomic mass is 127. The average molecular weight is 519 g/mol. The summed E-state index contributed by atoms with van der Waals surface area (Å²) in [5.41, 5.74) is 0.238. The Morgan fingerprint density at radius 2 is 2.04 bits per heavy atom. The number of aryl methyl sites for hydroxylation is 1. The smallest absolute Gasteiger partial charge is 0.192 e. The molecule has 0 amide bonds. The van der Waals surface area contributed by atoms with Gasteiger partial charge in [-0.2, -0.15) is 0 Å². The Labute approximate surface area is 190 Å². The van der Waals surface area contributed by atoms with Gasteiger partial charge in [-0.15, -0.1) is 45.5 Å². The first kappa shape index (κ1) is 24.9. The minimum Gasteiger partial charge on any atom is -0.356 e. The van der Waals surface area contributed by atoms with Crippen molar-refractivity contribution in [1.29, 1.82) is 0 Å². The maximum atomic E-state index is 4.74. The summed E-state index contributed by atoms with van der Waals surface area (Å²) in [4.78, 5) is 6.04. The molecule has 0 saturated heterocycles. The highest BCUT2D eigenvalue weighted by Crippen LogP contribution is 2.22. The maximum Gasteiger partial charge on any atom is 0.192 e. The molecular weight excluding hydrogens is 483 g/mol. The van der Waals surface area contributed by atoms with E-state index in [1.54, 1.807) is 11.3 Å². The number of thiophene rings is 1. The summed E-state index contributed by atoms with van der Waals surface area (Å²) in [6.45, 7) is 11.0. The quantitative estimate of drug-likeness (QED) is 0.208. The van der Waals surface area contributed by atoms with E-state index in [9.17, 15) is 0 Å². The minimum absolute atomic E-state index is 0. The molecule has 0 atom stereocenters. The summed E-state index contributed by atoms with van der Waals surface area (Å²) in [5.74, 6) is 2.60. The van der Waals surface area contributed by atoms with Crippen LogP contribution in [0.2, 0.25) is 0 Å². The summed E-state index contributed by atoms with van der Waals surface area (Å²) >= 11 is 1.75. The average Bonchev–Trinajstić information content (AvgIpc) is 3.26. The zero-order valence-corrected chi connectivity index (χ0v) is 20.9. The fraction of sp³-hybridized carbons (Fsp3) is 0.650. The van der Waals surface area contributed by atoms with Crippen molar-refractivity contribution in [3.05, 3.63) is 34.0 Å². The number of guanidine groups is 1. The van der Waals surface area contributed by atoms with E-state index >= 15 is 0 Å². The second kappa shape index (κ2) is 12.4. The fourth-order valence-corrected chi connectivity index (χ4v) is 3.41. The van der Waals surface area contributed by atoms with Gasteiger partial charge in [0.1, 0.15) is 12.4 Å². The van der Waals surface area contributed by atoms with E-state index in [0.29, 0.717) is 6.54 Å². The number of nitrogens with zero attached hydrogens (tertiary/aromatic N) is 4. The van der Waals surface area contributed by atoms with Crippen LogP contribution >= 0.6 is 35.3 Å². The first-order chi connectivity index (χ1) is 12.9. The van der Waals surface area contributed by atoms with E-state index < -0.39 is 0 Å². The van der Waals surface area contributed by atoms with Crippen LogP contribution in [-0.4, -0.2) is 27.3 Å². The predicted molar refractivity (Wildman–Crippen MR) is 129 cm³/mol. The van der Waals surface area contributed by atoms with E-state index in [-0.39, 0.29) is 29.4 Å². The highest BCUT2D eigenvalue weighted by molar-refractivity contribution is 14.0. The molecule has 8 heteroatoms. The number of aliphatic imine (C=N–C) groups is 1. The van der Waals surface area contributed by atoms with Crippen LogP contribution in [0.1, 0.15) is 63.0 Å². The first-order valence-corrected chi connectivity index (χ1v) is 10.7. The molecule has 158 valence electrons. The fourth-order valence-electron chi connectivity index (χ4n) is 2.76. The zero-order valence-electron chi connectivity index (χ0n) is 17.8. The summed E-state index contributed by atoms with van der Waals surface area (Å²) in [6.07, 6.45) is 5.05. The normalized spacial score (nSPS) is 12.0. The van der Waals surface area contributed by atoms with Crippen LogP contribution in [0.3, 0.4) is 0 Å². The molecule has 2 N–H and O–H groups in total. The van der Waals surface area contributed by atoms with Gasteiger partial charge < -0.3 is 15.2 Å². The van der Waals surface area contributed by atoms with Crippen LogP contribution in [0.4, 0.5) is 0 Å². The van der Waals surface area contributed by atoms with Crippen molar-refractivity contribution in [2.45, 2.75) is 66.5 Å². The van der Waals surface area contributed by atoms with Gasteiger partial charge in [0.15, 0.2) is 11.8 Å². The summed E-state index contributed by atoms with van der Waals surface area (Å²) < 4.78 is 1.98. The number of halogens is 1. The van der Waals surface area contributed by atoms with Crippen molar-refractivity contribution < 1.29 is 0 Å². The van der Waals surface area contributed by atoms with Crippen molar-refractivity contribution in [3.63, 3.8) is 0 Å². The van der Waals surface area contributed by atoms with Crippen LogP contribution in [0.5, 0.6) is 0 Å². The molecule has 0 aliphatic heterocycles. The lowest BCUT2D eigenvalue weighted by atomic mass is 9.87. The van der Waals surface area contributed by atoms with Gasteiger partial charge in [0, 0.05) is 18.5 Å². The van der Waals surface area contributed by atoms with Gasteiger partial charge in [0.25, 0.3) is 0 Å². The molecular formula is C20H35IN6S. The standard InChI is InChI=1S/C20H34N6S.HI/c1-6-7-8-11-20(3,4)15-23-19(21-13-17-10-9-12-27-17)22-14-18-25-24-16(2)26(18)5;/h9-10,12H,6-8,11,13-15H2,1-5H3,(H2,21,22,23);1H. The molecule has 0 radical (unpaired) electrons. The zero-order chi connectivity index (χ0) is 19.7. The van der Waals surface area contributed by atoms with Gasteiger partial charge in [0.05, 0.1) is 6.54 Å². The molecule has 0 spiro atoms. The van der Waals surface area contributed by atoms with Gasteiger partial charge in [0.2, 0.25) is 0 Å². The molecule has 2 aromatic rings. The van der Waals surface area contributed by atoms with Gasteiger partial charge >= 0.3 is 0 Å². The third-order valence-corrected chi connectivity index (χ3v) is 5.64. The molecule has 0 unspecified atom stereocenters. The number of rotatable bonds is 10. The third kappa shape index (κ3) is 8.46. The number of hydrogen-bond acceptors (Lipinski definition) is 4. The molecule has 0 saturated carbocycles. The van der Waals surface area contributed by atoms with E-state index in [1.807, 2.05) is 18.5 Å². The monoisotopic (exact) mass is 518 g/mol. The second-order valence-electron chi connectivity index (χ2n) is 7.80. The van der Waals surface area contributed by atoms with Crippen LogP contribution in [0.15, 0.2) is 22.5 Å². The number of aromatic nitrogens is 3. The molecule has 0 aliphatic carbocycles. The van der Waals surface area contributed by atoms with Gasteiger partial charge in [-0.1, -0.05) is 46.1 Å². The number of nitrogens with one attached hydrogen (secondary N) is 2. The van der Waals surface area contributed by atoms with Crippen molar-refractivity contribution in [3.8, 4) is 0 Å². The van der Waals surface area contributed by atoms with Crippen LogP contribution in [0, 0.1) is 12.3 Å². The Bertz CT molecular complexity index is 708. The van der Waals surface area contributed by atoms with E-state index in [0.717, 1.165) is 30.7 Å². The molecule has 6 nitrogen and oxygen atoms in total. The van der Waals surface area contributed by atoms with Gasteiger partial charge in [-0.25, -0.2) is 4.99 Å². The van der Waals surface area contributed by atoms with Crippen LogP contribution in [-0.2, 0) is 20.1 Å². The Kier molecular flexibility index (Phi) is 11.0. The van der Waals surface area contributed by atoms with E-state index in [4.69, 9.17) is 4.99 Å². The van der Waals surface area contributed by atoms with Crippen LogP contribution < -0.4 is 10.6 Å². The molecule has 0 aromatic carbocycles. The Morgan fingerprint density at radius 3 is 2.64 bits per heavy atom. The Hall–Kier alpha value is -1.16. The molecule has 2 aromatic heterocycles. The minimum atomic E-state index is 0. The second-order valence-corrected chi connectivity index (χ2v) is 8.83. The number of hydrogen-bond donors (Lipinski definition) is 2. The maximum absolute atomic E-state index is 4.74. The van der Waals surface area contributed by atoms with E-state index in [2.05, 4.69) is 59.1 Å². The molecule has 0 bridgehead atoms. The summed E-state index contributed by atoms with van der Waals surface area (Å²) in [7, 11) is 1.98. The first-order valence-electron chi connectivity index (χ1n) is 9.81. The van der Waals surface area contributed by atoms with Crippen molar-refractivity contribution in [2.24, 2.45) is 17.5 Å². The highest BCUT2D eigenvalue weighted by Gasteiger charge is 2.18. The molecule has 0 aliphatic rings. The Morgan fingerprint density at radius 1 is 1.25 bits per heavy atom. The summed E-state index contributed by atoms with van der Waals surface area (Å²) in [6, 6.07) is 4.21. The van der Waals surface area contributed by atoms with Crippen molar-refractivity contribution >= 4 is 41.3 Å². The number of unbranched alkanes of at least 4 members (excludes halogenated alkanes) is 2. The largest absolute Gasteiger partial charge is 0.356 e. The third-order valence-electron chi connectivity index (χ3n) is 4.76. The molecule has 28 heavy (non-hydrogen) atoms. The molecule has 2 rings (SSSR count). The van der Waals surface area contributed by atoms with Gasteiger partial charge in [-0.05, 0) is 30.2 Å². The van der Waals surface area contributed by atoms with E-state index in [1.165, 1.54) is 30.6 Å². The summed E-state index contributed by atoms with van der Waals surface area (Å²) in [5, 5.41) is 17.4. The molecule has 0 fully saturated rings. The Balaban J connectivity index is 0.00000392. The van der Waals surface area contributed by atoms with Crippen molar-refractivity contribution in [1.82, 2.24) is 25.4 Å². The lowest BCUT2D eigenvalue weighted by Crippen LogP contribution is -2.41. The van der Waals surface area contributed by atoms with Gasteiger partial charge in [-0.3, -0.25) is 0 Å². The van der Waals surface area contributed by atoms with Crippen LogP contribution in [0.25, 0.3) is 0 Å². The SMILES string of the molecule is CCCCCC(C)(C)CNC(=NCc1nnc(C)n1C)NCc1cccs1.I. The molecule has 2 heterocycles.